The lowest BCUT2D eigenvalue weighted by Gasteiger charge is -2.34. The number of carbonyl (C=O) groups is 1. The molecule has 7 heteroatoms. The molecule has 0 spiro atoms. The molecule has 1 saturated heterocycles. The number of benzene rings is 1. The van der Waals surface area contributed by atoms with E-state index in [0.29, 0.717) is 24.1 Å². The number of piperazine rings is 1. The van der Waals surface area contributed by atoms with Crippen molar-refractivity contribution in [1.29, 1.82) is 0 Å². The fourth-order valence-electron chi connectivity index (χ4n) is 3.06. The molecule has 0 aliphatic carbocycles. The molecule has 1 aliphatic rings. The van der Waals surface area contributed by atoms with Crippen LogP contribution >= 0.6 is 0 Å². The summed E-state index contributed by atoms with van der Waals surface area (Å²) in [4.78, 5) is 25.5. The van der Waals surface area contributed by atoms with E-state index in [1.165, 1.54) is 5.69 Å². The van der Waals surface area contributed by atoms with Gasteiger partial charge in [-0.1, -0.05) is 13.8 Å². The molecule has 150 valence electrons. The highest BCUT2D eigenvalue weighted by Gasteiger charge is 2.14. The van der Waals surface area contributed by atoms with Gasteiger partial charge in [0.15, 0.2) is 0 Å². The van der Waals surface area contributed by atoms with Gasteiger partial charge in [0, 0.05) is 50.3 Å². The van der Waals surface area contributed by atoms with Gasteiger partial charge in [-0.3, -0.25) is 4.79 Å². The predicted octanol–water partition coefficient (Wildman–Crippen LogP) is 2.75. The minimum Gasteiger partial charge on any atom is -0.369 e. The van der Waals surface area contributed by atoms with Gasteiger partial charge in [-0.2, -0.15) is 0 Å². The molecule has 1 aromatic carbocycles. The Kier molecular flexibility index (Phi) is 6.81. The van der Waals surface area contributed by atoms with Gasteiger partial charge in [0.1, 0.15) is 5.69 Å². The van der Waals surface area contributed by atoms with Crippen LogP contribution in [0, 0.1) is 5.92 Å². The second kappa shape index (κ2) is 9.50. The predicted molar refractivity (Wildman–Crippen MR) is 113 cm³/mol. The van der Waals surface area contributed by atoms with Crippen molar-refractivity contribution >= 4 is 23.2 Å². The molecule has 0 unspecified atom stereocenters. The van der Waals surface area contributed by atoms with E-state index >= 15 is 0 Å². The number of nitrogens with one attached hydrogen (secondary N) is 2. The van der Waals surface area contributed by atoms with Crippen molar-refractivity contribution in [2.24, 2.45) is 5.92 Å². The quantitative estimate of drug-likeness (QED) is 0.767. The Balaban J connectivity index is 1.58. The number of hydrogen-bond acceptors (Lipinski definition) is 6. The van der Waals surface area contributed by atoms with Crippen molar-refractivity contribution in [2.45, 2.75) is 20.3 Å². The number of nitrogens with zero attached hydrogens (tertiary/aromatic N) is 4. The smallest absolute Gasteiger partial charge is 0.270 e. The lowest BCUT2D eigenvalue weighted by Crippen LogP contribution is -2.44. The first-order valence-electron chi connectivity index (χ1n) is 9.93. The topological polar surface area (TPSA) is 73.4 Å². The summed E-state index contributed by atoms with van der Waals surface area (Å²) in [5.74, 6) is 0.803. The van der Waals surface area contributed by atoms with Gasteiger partial charge >= 0.3 is 0 Å². The Morgan fingerprint density at radius 3 is 2.50 bits per heavy atom. The van der Waals surface area contributed by atoms with Gasteiger partial charge in [-0.25, -0.2) is 9.97 Å². The number of hydrogen-bond donors (Lipinski definition) is 2. The average molecular weight is 383 g/mol. The lowest BCUT2D eigenvalue weighted by atomic mass is 10.1. The molecule has 0 bridgehead atoms. The highest BCUT2D eigenvalue weighted by atomic mass is 16.1. The Hall–Kier alpha value is -2.67. The zero-order valence-electron chi connectivity index (χ0n) is 17.0. The molecule has 1 fully saturated rings. The summed E-state index contributed by atoms with van der Waals surface area (Å²) < 4.78 is 0. The molecule has 7 nitrogen and oxygen atoms in total. The Morgan fingerprint density at radius 1 is 1.11 bits per heavy atom. The van der Waals surface area contributed by atoms with Gasteiger partial charge < -0.3 is 20.4 Å². The molecule has 0 radical (unpaired) electrons. The minimum atomic E-state index is -0.170. The van der Waals surface area contributed by atoms with Crippen molar-refractivity contribution in [3.63, 3.8) is 0 Å². The Labute approximate surface area is 167 Å². The molecule has 1 aromatic heterocycles. The van der Waals surface area contributed by atoms with Gasteiger partial charge in [-0.05, 0) is 49.7 Å². The van der Waals surface area contributed by atoms with E-state index in [9.17, 15) is 4.79 Å². The molecular weight excluding hydrogens is 352 g/mol. The molecule has 2 N–H and O–H groups in total. The average Bonchev–Trinajstić information content (AvgIpc) is 2.69. The Bertz CT molecular complexity index is 769. The first-order chi connectivity index (χ1) is 13.5. The fraction of sp³-hybridized carbons (Fsp3) is 0.476. The molecule has 0 atom stereocenters. The maximum absolute atomic E-state index is 12.2. The van der Waals surface area contributed by atoms with Crippen LogP contribution in [0.5, 0.6) is 0 Å². The largest absolute Gasteiger partial charge is 0.369 e. The van der Waals surface area contributed by atoms with Crippen LogP contribution in [0.2, 0.25) is 0 Å². The van der Waals surface area contributed by atoms with Crippen molar-refractivity contribution in [1.82, 2.24) is 20.2 Å². The number of aromatic nitrogens is 2. The molecule has 28 heavy (non-hydrogen) atoms. The first kappa shape index (κ1) is 20.1. The van der Waals surface area contributed by atoms with Gasteiger partial charge in [0.25, 0.3) is 5.91 Å². The second-order valence-corrected chi connectivity index (χ2v) is 7.67. The number of anilines is 3. The van der Waals surface area contributed by atoms with Crippen LogP contribution in [0.3, 0.4) is 0 Å². The van der Waals surface area contributed by atoms with E-state index in [1.54, 1.807) is 12.3 Å². The summed E-state index contributed by atoms with van der Waals surface area (Å²) in [5.41, 5.74) is 2.49. The lowest BCUT2D eigenvalue weighted by molar-refractivity contribution is 0.0947. The van der Waals surface area contributed by atoms with E-state index < -0.39 is 0 Å². The molecule has 3 rings (SSSR count). The van der Waals surface area contributed by atoms with Crippen molar-refractivity contribution < 1.29 is 4.79 Å². The number of likely N-dealkylation sites (N-methyl/N-ethyl adjacent to an activating group) is 1. The van der Waals surface area contributed by atoms with Crippen molar-refractivity contribution in [2.75, 3.05) is 50.0 Å². The molecule has 2 aromatic rings. The van der Waals surface area contributed by atoms with Crippen LogP contribution in [0.15, 0.2) is 36.5 Å². The van der Waals surface area contributed by atoms with Crippen LogP contribution in [0.25, 0.3) is 0 Å². The highest BCUT2D eigenvalue weighted by Crippen LogP contribution is 2.21. The van der Waals surface area contributed by atoms with Crippen molar-refractivity contribution in [3.8, 4) is 0 Å². The third kappa shape index (κ3) is 5.66. The van der Waals surface area contributed by atoms with E-state index in [-0.39, 0.29) is 5.91 Å². The summed E-state index contributed by atoms with van der Waals surface area (Å²) >= 11 is 0. The molecule has 0 saturated carbocycles. The van der Waals surface area contributed by atoms with E-state index in [1.807, 2.05) is 12.1 Å². The van der Waals surface area contributed by atoms with Gasteiger partial charge in [0.2, 0.25) is 5.95 Å². The van der Waals surface area contributed by atoms with E-state index in [0.717, 1.165) is 38.3 Å². The molecule has 2 heterocycles. The summed E-state index contributed by atoms with van der Waals surface area (Å²) in [6, 6.07) is 9.89. The summed E-state index contributed by atoms with van der Waals surface area (Å²) in [7, 11) is 2.16. The summed E-state index contributed by atoms with van der Waals surface area (Å²) in [6.45, 7) is 9.17. The number of carbonyl (C=O) groups excluding carboxylic acids is 1. The molecular formula is C21H30N6O. The fourth-order valence-corrected chi connectivity index (χ4v) is 3.06. The van der Waals surface area contributed by atoms with Crippen LogP contribution in [0.4, 0.5) is 17.3 Å². The second-order valence-electron chi connectivity index (χ2n) is 7.67. The minimum absolute atomic E-state index is 0.170. The SMILES string of the molecule is CC(C)CCNC(=O)c1ccnc(Nc2ccc(N3CCN(C)CC3)cc2)n1. The van der Waals surface area contributed by atoms with Crippen molar-refractivity contribution in [3.05, 3.63) is 42.2 Å². The first-order valence-corrected chi connectivity index (χ1v) is 9.93. The maximum atomic E-state index is 12.2. The zero-order chi connectivity index (χ0) is 19.9. The van der Waals surface area contributed by atoms with E-state index in [2.05, 4.69) is 63.4 Å². The van der Waals surface area contributed by atoms with Gasteiger partial charge in [-0.15, -0.1) is 0 Å². The Morgan fingerprint density at radius 2 is 1.82 bits per heavy atom. The summed E-state index contributed by atoms with van der Waals surface area (Å²) in [6.07, 6.45) is 2.55. The highest BCUT2D eigenvalue weighted by molar-refractivity contribution is 5.92. The third-order valence-corrected chi connectivity index (χ3v) is 4.89. The van der Waals surface area contributed by atoms with Crippen LogP contribution in [0.1, 0.15) is 30.8 Å². The number of rotatable bonds is 7. The molecule has 1 amide bonds. The van der Waals surface area contributed by atoms with Crippen LogP contribution < -0.4 is 15.5 Å². The van der Waals surface area contributed by atoms with Crippen LogP contribution in [-0.2, 0) is 0 Å². The van der Waals surface area contributed by atoms with Gasteiger partial charge in [0.05, 0.1) is 0 Å². The number of amides is 1. The monoisotopic (exact) mass is 382 g/mol. The standard InChI is InChI=1S/C21H30N6O/c1-16(2)8-10-22-20(28)19-9-11-23-21(25-19)24-17-4-6-18(7-5-17)27-14-12-26(3)13-15-27/h4-7,9,11,16H,8,10,12-15H2,1-3H3,(H,22,28)(H,23,24,25). The zero-order valence-corrected chi connectivity index (χ0v) is 17.0. The maximum Gasteiger partial charge on any atom is 0.270 e. The normalized spacial score (nSPS) is 14.9. The third-order valence-electron chi connectivity index (χ3n) is 4.89. The van der Waals surface area contributed by atoms with E-state index in [4.69, 9.17) is 0 Å². The molecule has 1 aliphatic heterocycles. The van der Waals surface area contributed by atoms with Crippen LogP contribution in [-0.4, -0.2) is 60.5 Å². The summed E-state index contributed by atoms with van der Waals surface area (Å²) in [5, 5.41) is 6.08.